The second-order valence-corrected chi connectivity index (χ2v) is 13.4. The summed E-state index contributed by atoms with van der Waals surface area (Å²) in [6, 6.07) is 9.22. The maximum absolute atomic E-state index is 6.31. The van der Waals surface area contributed by atoms with Gasteiger partial charge in [0.25, 0.3) is 0 Å². The molecule has 0 spiro atoms. The number of benzene rings is 1. The van der Waals surface area contributed by atoms with E-state index in [1.165, 1.54) is 4.70 Å². The Kier molecular flexibility index (Phi) is 3.23. The van der Waals surface area contributed by atoms with Crippen LogP contribution in [0.5, 0.6) is 0 Å². The first-order chi connectivity index (χ1) is 11.2. The first-order valence-electron chi connectivity index (χ1n) is 8.18. The Labute approximate surface area is 144 Å². The molecule has 1 aromatic carbocycles. The molecule has 3 fully saturated rings. The van der Waals surface area contributed by atoms with Gasteiger partial charge in [-0.3, -0.25) is 0 Å². The number of thioether (sulfide) groups is 1. The molecule has 2 aromatic rings. The molecular formula is C15H20N2O3S2Si. The molecule has 0 N–H and O–H groups in total. The molecule has 5 rings (SSSR count). The van der Waals surface area contributed by atoms with E-state index in [4.69, 9.17) is 18.3 Å². The molecule has 0 saturated carbocycles. The van der Waals surface area contributed by atoms with E-state index in [0.29, 0.717) is 0 Å². The molecule has 3 aliphatic rings. The van der Waals surface area contributed by atoms with E-state index in [1.807, 2.05) is 17.8 Å². The fourth-order valence-corrected chi connectivity index (χ4v) is 13.1. The van der Waals surface area contributed by atoms with Crippen LogP contribution in [0.3, 0.4) is 0 Å². The Balaban J connectivity index is 1.36. The molecule has 3 saturated heterocycles. The van der Waals surface area contributed by atoms with Crippen LogP contribution in [-0.4, -0.2) is 62.6 Å². The number of nitrogens with zero attached hydrogens (tertiary/aromatic N) is 2. The van der Waals surface area contributed by atoms with E-state index in [1.54, 1.807) is 11.3 Å². The van der Waals surface area contributed by atoms with E-state index in [0.717, 1.165) is 65.3 Å². The van der Waals surface area contributed by atoms with Crippen molar-refractivity contribution in [2.24, 2.45) is 0 Å². The molecular weight excluding hydrogens is 348 g/mol. The van der Waals surface area contributed by atoms with Crippen molar-refractivity contribution in [3.63, 3.8) is 0 Å². The molecule has 124 valence electrons. The number of quaternary nitrogens is 1. The Bertz CT molecular complexity index is 703. The summed E-state index contributed by atoms with van der Waals surface area (Å²) in [7, 11) is -3.21. The average Bonchev–Trinajstić information content (AvgIpc) is 3.19. The normalized spacial score (nSPS) is 32.4. The fraction of sp³-hybridized carbons (Fsp3) is 0.533. The number of hydrogen-bond acceptors (Lipinski definition) is 6. The molecule has 5 nitrogen and oxygen atoms in total. The zero-order valence-corrected chi connectivity index (χ0v) is 15.5. The fourth-order valence-electron chi connectivity index (χ4n) is 4.46. The quantitative estimate of drug-likeness (QED) is 0.613. The Morgan fingerprint density at radius 1 is 1.09 bits per heavy atom. The van der Waals surface area contributed by atoms with Gasteiger partial charge in [0.2, 0.25) is 0 Å². The minimum atomic E-state index is -3.21. The van der Waals surface area contributed by atoms with Crippen LogP contribution in [0.1, 0.15) is 0 Å². The maximum atomic E-state index is 6.31. The van der Waals surface area contributed by atoms with Crippen molar-refractivity contribution in [3.05, 3.63) is 24.3 Å². The third kappa shape index (κ3) is 1.91. The van der Waals surface area contributed by atoms with Gasteiger partial charge in [0.15, 0.2) is 0 Å². The Morgan fingerprint density at radius 3 is 2.48 bits per heavy atom. The molecule has 0 unspecified atom stereocenters. The van der Waals surface area contributed by atoms with Crippen molar-refractivity contribution in [1.29, 1.82) is 0 Å². The summed E-state index contributed by atoms with van der Waals surface area (Å²) in [6.45, 7) is 5.58. The zero-order valence-electron chi connectivity index (χ0n) is 12.9. The standard InChI is InChI=1S/C15H20N2O3S2Si/c1-2-4-14-13(3-1)16-15(22-14)21-11-12-23-17(5-8-18-23,6-9-19-23)7-10-20-23/h1-4H,5-12H2. The third-order valence-electron chi connectivity index (χ3n) is 5.65. The molecule has 0 radical (unpaired) electrons. The third-order valence-corrected chi connectivity index (χ3v) is 14.1. The van der Waals surface area contributed by atoms with Crippen LogP contribution in [0, 0.1) is 0 Å². The molecule has 0 aliphatic carbocycles. The van der Waals surface area contributed by atoms with Crippen LogP contribution in [0.2, 0.25) is 6.04 Å². The molecule has 1 aromatic heterocycles. The van der Waals surface area contributed by atoms with Crippen molar-refractivity contribution >= 4 is 41.6 Å². The van der Waals surface area contributed by atoms with Gasteiger partial charge in [-0.25, -0.2) is 0 Å². The van der Waals surface area contributed by atoms with Crippen LogP contribution >= 0.6 is 23.1 Å². The molecule has 4 heterocycles. The second-order valence-electron chi connectivity index (χ2n) is 6.52. The van der Waals surface area contributed by atoms with Gasteiger partial charge in [0.05, 0.1) is 0 Å². The van der Waals surface area contributed by atoms with Crippen molar-refractivity contribution in [3.8, 4) is 0 Å². The average molecular weight is 369 g/mol. The van der Waals surface area contributed by atoms with Gasteiger partial charge in [-0.2, -0.15) is 0 Å². The molecule has 8 heteroatoms. The van der Waals surface area contributed by atoms with Gasteiger partial charge in [0, 0.05) is 0 Å². The van der Waals surface area contributed by atoms with Crippen LogP contribution in [0.25, 0.3) is 10.2 Å². The van der Waals surface area contributed by atoms with Gasteiger partial charge in [-0.15, -0.1) is 0 Å². The monoisotopic (exact) mass is 368 g/mol. The van der Waals surface area contributed by atoms with E-state index in [-0.39, 0.29) is 0 Å². The number of hydrogen-bond donors (Lipinski definition) is 0. The summed E-state index contributed by atoms with van der Waals surface area (Å²) in [4.78, 5) is 4.71. The van der Waals surface area contributed by atoms with Crippen molar-refractivity contribution < 1.29 is 17.4 Å². The van der Waals surface area contributed by atoms with Crippen molar-refractivity contribution in [1.82, 2.24) is 4.98 Å². The van der Waals surface area contributed by atoms with E-state index >= 15 is 0 Å². The number of para-hydroxylation sites is 1. The molecule has 3 aliphatic heterocycles. The van der Waals surface area contributed by atoms with Gasteiger partial charge < -0.3 is 0 Å². The second kappa shape index (κ2) is 5.01. The first-order valence-corrected chi connectivity index (χ1v) is 12.4. The van der Waals surface area contributed by atoms with Gasteiger partial charge >= 0.3 is 144 Å². The number of aromatic nitrogens is 1. The Morgan fingerprint density at radius 2 is 1.78 bits per heavy atom. The van der Waals surface area contributed by atoms with Crippen LogP contribution in [-0.2, 0) is 13.3 Å². The van der Waals surface area contributed by atoms with E-state index in [9.17, 15) is 0 Å². The SMILES string of the molecule is c1ccc2sc(SCC[Si-]345OCC[N+]3(CCO4)CCO5)nc2c1. The molecule has 0 atom stereocenters. The molecule has 0 bridgehead atoms. The predicted octanol–water partition coefficient (Wildman–Crippen LogP) is 2.69. The van der Waals surface area contributed by atoms with Crippen molar-refractivity contribution in [2.45, 2.75) is 10.4 Å². The number of fused-ring (bicyclic) bond motifs is 1. The number of thiazole rings is 1. The van der Waals surface area contributed by atoms with Gasteiger partial charge in [-0.1, -0.05) is 0 Å². The summed E-state index contributed by atoms with van der Waals surface area (Å²) in [6.07, 6.45) is 0. The summed E-state index contributed by atoms with van der Waals surface area (Å²) >= 11 is 3.58. The molecule has 23 heavy (non-hydrogen) atoms. The van der Waals surface area contributed by atoms with Crippen LogP contribution < -0.4 is 0 Å². The zero-order chi connectivity index (χ0) is 15.4. The van der Waals surface area contributed by atoms with E-state index in [2.05, 4.69) is 18.2 Å². The van der Waals surface area contributed by atoms with Crippen molar-refractivity contribution in [2.75, 3.05) is 45.2 Å². The first kappa shape index (κ1) is 14.8. The summed E-state index contributed by atoms with van der Waals surface area (Å²) in [5.74, 6) is 0.952. The summed E-state index contributed by atoms with van der Waals surface area (Å²) < 4.78 is 22.3. The van der Waals surface area contributed by atoms with Crippen LogP contribution in [0.15, 0.2) is 28.6 Å². The summed E-state index contributed by atoms with van der Waals surface area (Å²) in [5, 5.41) is 0. The number of rotatable bonds is 4. The molecule has 0 amide bonds. The van der Waals surface area contributed by atoms with Gasteiger partial charge in [0.1, 0.15) is 0 Å². The Hall–Kier alpha value is -0.483. The predicted molar refractivity (Wildman–Crippen MR) is 93.6 cm³/mol. The van der Waals surface area contributed by atoms with E-state index < -0.39 is 8.24 Å². The topological polar surface area (TPSA) is 40.6 Å². The summed E-state index contributed by atoms with van der Waals surface area (Å²) in [5.41, 5.74) is 1.09. The minimum absolute atomic E-state index is 0.791. The van der Waals surface area contributed by atoms with Gasteiger partial charge in [-0.05, 0) is 0 Å². The van der Waals surface area contributed by atoms with Crippen LogP contribution in [0.4, 0.5) is 0 Å².